The Morgan fingerprint density at radius 1 is 1.22 bits per heavy atom. The molecule has 146 valence electrons. The number of phenols is 1. The molecule has 2 aromatic carbocycles. The van der Waals surface area contributed by atoms with E-state index in [-0.39, 0.29) is 35.1 Å². The normalized spacial score (nSPS) is 14.9. The van der Waals surface area contributed by atoms with Gasteiger partial charge in [-0.05, 0) is 42.7 Å². The number of guanidine groups is 1. The van der Waals surface area contributed by atoms with Crippen LogP contribution in [0, 0.1) is 0 Å². The predicted molar refractivity (Wildman–Crippen MR) is 123 cm³/mol. The molecule has 0 aliphatic heterocycles. The lowest BCUT2D eigenvalue weighted by Gasteiger charge is -2.20. The molecule has 1 saturated carbocycles. The summed E-state index contributed by atoms with van der Waals surface area (Å²) in [5.41, 5.74) is 2.27. The summed E-state index contributed by atoms with van der Waals surface area (Å²) >= 11 is 3.67. The first-order valence-corrected chi connectivity index (χ1v) is 9.43. The van der Waals surface area contributed by atoms with Crippen LogP contribution >= 0.6 is 39.9 Å². The molecule has 3 N–H and O–H groups in total. The number of aliphatic imine (C=N–C) groups is 1. The van der Waals surface area contributed by atoms with E-state index in [2.05, 4.69) is 49.8 Å². The monoisotopic (exact) mass is 545 g/mol. The molecule has 27 heavy (non-hydrogen) atoms. The maximum absolute atomic E-state index is 10.0. The van der Waals surface area contributed by atoms with Crippen LogP contribution in [0.5, 0.6) is 11.5 Å². The van der Waals surface area contributed by atoms with E-state index in [4.69, 9.17) is 4.74 Å². The standard InChI is InChI=1S/C20H24BrN3O2.HI/c1-22-19(23-12-14-11-15(26-2)7-8-18(14)25)24-13-20(9-10-20)16-5-3-4-6-17(16)21;/h3-8,11,25H,9-10,12-13H2,1-2H3,(H2,22,23,24);1H. The van der Waals surface area contributed by atoms with E-state index in [1.807, 2.05) is 12.1 Å². The Morgan fingerprint density at radius 2 is 1.96 bits per heavy atom. The summed E-state index contributed by atoms with van der Waals surface area (Å²) in [5, 5.41) is 16.7. The molecule has 0 spiro atoms. The predicted octanol–water partition coefficient (Wildman–Crippen LogP) is 4.18. The number of methoxy groups -OCH3 is 1. The third kappa shape index (κ3) is 5.28. The van der Waals surface area contributed by atoms with Crippen molar-refractivity contribution in [2.45, 2.75) is 24.8 Å². The molecule has 5 nitrogen and oxygen atoms in total. The number of hydrogen-bond donors (Lipinski definition) is 3. The number of nitrogens with one attached hydrogen (secondary N) is 2. The van der Waals surface area contributed by atoms with Crippen molar-refractivity contribution in [1.82, 2.24) is 10.6 Å². The topological polar surface area (TPSA) is 65.9 Å². The van der Waals surface area contributed by atoms with E-state index >= 15 is 0 Å². The largest absolute Gasteiger partial charge is 0.508 e. The fourth-order valence-corrected chi connectivity index (χ4v) is 3.77. The molecule has 0 radical (unpaired) electrons. The van der Waals surface area contributed by atoms with Gasteiger partial charge in [-0.3, -0.25) is 4.99 Å². The lowest BCUT2D eigenvalue weighted by molar-refractivity contribution is 0.410. The van der Waals surface area contributed by atoms with Gasteiger partial charge in [0.25, 0.3) is 0 Å². The number of aromatic hydroxyl groups is 1. The zero-order chi connectivity index (χ0) is 18.6. The van der Waals surface area contributed by atoms with E-state index < -0.39 is 0 Å². The summed E-state index contributed by atoms with van der Waals surface area (Å²) in [6.07, 6.45) is 2.33. The van der Waals surface area contributed by atoms with Crippen molar-refractivity contribution in [2.24, 2.45) is 4.99 Å². The summed E-state index contributed by atoms with van der Waals surface area (Å²) < 4.78 is 6.37. The van der Waals surface area contributed by atoms with Crippen molar-refractivity contribution in [3.63, 3.8) is 0 Å². The molecule has 1 aliphatic rings. The average molecular weight is 546 g/mol. The fourth-order valence-electron chi connectivity index (χ4n) is 3.07. The van der Waals surface area contributed by atoms with Gasteiger partial charge in [-0.25, -0.2) is 0 Å². The second-order valence-electron chi connectivity index (χ2n) is 6.53. The van der Waals surface area contributed by atoms with Crippen molar-refractivity contribution in [3.05, 3.63) is 58.1 Å². The molecule has 7 heteroatoms. The van der Waals surface area contributed by atoms with Gasteiger partial charge >= 0.3 is 0 Å². The molecular formula is C20H25BrIN3O2. The number of nitrogens with zero attached hydrogens (tertiary/aromatic N) is 1. The summed E-state index contributed by atoms with van der Waals surface area (Å²) in [5.74, 6) is 1.67. The second kappa shape index (κ2) is 9.64. The maximum atomic E-state index is 10.0. The first kappa shape index (κ1) is 21.8. The van der Waals surface area contributed by atoms with Gasteiger partial charge < -0.3 is 20.5 Å². The fraction of sp³-hybridized carbons (Fsp3) is 0.350. The van der Waals surface area contributed by atoms with Crippen LogP contribution in [-0.2, 0) is 12.0 Å². The van der Waals surface area contributed by atoms with Crippen molar-refractivity contribution in [3.8, 4) is 11.5 Å². The quantitative estimate of drug-likeness (QED) is 0.289. The lowest BCUT2D eigenvalue weighted by atomic mass is 9.96. The van der Waals surface area contributed by atoms with Crippen LogP contribution in [0.4, 0.5) is 0 Å². The van der Waals surface area contributed by atoms with Crippen molar-refractivity contribution < 1.29 is 9.84 Å². The van der Waals surface area contributed by atoms with Crippen LogP contribution in [0.1, 0.15) is 24.0 Å². The minimum absolute atomic E-state index is 0. The number of halogens is 2. The zero-order valence-corrected chi connectivity index (χ0v) is 19.4. The molecule has 0 atom stereocenters. The number of ether oxygens (including phenoxy) is 1. The first-order valence-electron chi connectivity index (χ1n) is 8.63. The van der Waals surface area contributed by atoms with E-state index in [1.54, 1.807) is 26.3 Å². The molecule has 1 aliphatic carbocycles. The van der Waals surface area contributed by atoms with Crippen LogP contribution in [-0.4, -0.2) is 31.8 Å². The smallest absolute Gasteiger partial charge is 0.191 e. The molecule has 0 bridgehead atoms. The van der Waals surface area contributed by atoms with E-state index in [9.17, 15) is 5.11 Å². The Labute approximate surface area is 185 Å². The highest BCUT2D eigenvalue weighted by Crippen LogP contribution is 2.49. The zero-order valence-electron chi connectivity index (χ0n) is 15.5. The summed E-state index contributed by atoms with van der Waals surface area (Å²) in [7, 11) is 3.36. The second-order valence-corrected chi connectivity index (χ2v) is 7.39. The van der Waals surface area contributed by atoms with Crippen LogP contribution in [0.15, 0.2) is 51.9 Å². The Balaban J connectivity index is 0.00000261. The van der Waals surface area contributed by atoms with Crippen LogP contribution < -0.4 is 15.4 Å². The van der Waals surface area contributed by atoms with Crippen molar-refractivity contribution in [1.29, 1.82) is 0 Å². The minimum Gasteiger partial charge on any atom is -0.508 e. The van der Waals surface area contributed by atoms with Gasteiger partial charge in [0.2, 0.25) is 0 Å². The Kier molecular flexibility index (Phi) is 7.79. The lowest BCUT2D eigenvalue weighted by Crippen LogP contribution is -2.41. The Morgan fingerprint density at radius 3 is 2.59 bits per heavy atom. The molecule has 0 unspecified atom stereocenters. The highest BCUT2D eigenvalue weighted by molar-refractivity contribution is 14.0. The van der Waals surface area contributed by atoms with Gasteiger partial charge in [-0.15, -0.1) is 24.0 Å². The molecule has 0 heterocycles. The van der Waals surface area contributed by atoms with Crippen LogP contribution in [0.3, 0.4) is 0 Å². The summed E-state index contributed by atoms with van der Waals surface area (Å²) in [4.78, 5) is 4.29. The van der Waals surface area contributed by atoms with Gasteiger partial charge in [0.1, 0.15) is 11.5 Å². The summed E-state index contributed by atoms with van der Waals surface area (Å²) in [6, 6.07) is 13.6. The molecule has 3 rings (SSSR count). The first-order chi connectivity index (χ1) is 12.6. The number of phenolic OH excluding ortho intramolecular Hbond substituents is 1. The Bertz CT molecular complexity index is 810. The van der Waals surface area contributed by atoms with E-state index in [1.165, 1.54) is 5.56 Å². The molecule has 1 fully saturated rings. The van der Waals surface area contributed by atoms with Crippen LogP contribution in [0.25, 0.3) is 0 Å². The number of benzene rings is 2. The number of hydrogen-bond acceptors (Lipinski definition) is 3. The van der Waals surface area contributed by atoms with Crippen molar-refractivity contribution >= 4 is 45.9 Å². The SMILES string of the molecule is CN=C(NCc1cc(OC)ccc1O)NCC1(c2ccccc2Br)CC1.I. The van der Waals surface area contributed by atoms with E-state index in [0.29, 0.717) is 18.3 Å². The molecular weight excluding hydrogens is 521 g/mol. The molecule has 0 amide bonds. The summed E-state index contributed by atoms with van der Waals surface area (Å²) in [6.45, 7) is 1.28. The van der Waals surface area contributed by atoms with E-state index in [0.717, 1.165) is 29.4 Å². The molecule has 2 aromatic rings. The molecule has 0 saturated heterocycles. The Hall–Kier alpha value is -1.48. The maximum Gasteiger partial charge on any atom is 0.191 e. The third-order valence-corrected chi connectivity index (χ3v) is 5.54. The van der Waals surface area contributed by atoms with Gasteiger partial charge in [0, 0.05) is 35.6 Å². The van der Waals surface area contributed by atoms with Gasteiger partial charge in [0.05, 0.1) is 7.11 Å². The van der Waals surface area contributed by atoms with Crippen LogP contribution in [0.2, 0.25) is 0 Å². The highest BCUT2D eigenvalue weighted by atomic mass is 127. The van der Waals surface area contributed by atoms with Gasteiger partial charge in [0.15, 0.2) is 5.96 Å². The third-order valence-electron chi connectivity index (χ3n) is 4.85. The van der Waals surface area contributed by atoms with Gasteiger partial charge in [-0.2, -0.15) is 0 Å². The van der Waals surface area contributed by atoms with Crippen molar-refractivity contribution in [2.75, 3.05) is 20.7 Å². The molecule has 0 aromatic heterocycles. The van der Waals surface area contributed by atoms with Gasteiger partial charge in [-0.1, -0.05) is 34.1 Å². The number of rotatable bonds is 6. The minimum atomic E-state index is 0. The average Bonchev–Trinajstić information content (AvgIpc) is 3.44. The highest BCUT2D eigenvalue weighted by Gasteiger charge is 2.45.